The molecule has 1 aromatic carbocycles. The van der Waals surface area contributed by atoms with Crippen molar-refractivity contribution in [1.82, 2.24) is 10.2 Å². The predicted molar refractivity (Wildman–Crippen MR) is 118 cm³/mol. The summed E-state index contributed by atoms with van der Waals surface area (Å²) >= 11 is 0. The highest BCUT2D eigenvalue weighted by molar-refractivity contribution is 6.01. The minimum atomic E-state index is -1.48. The Bertz CT molecular complexity index is 1070. The van der Waals surface area contributed by atoms with Crippen molar-refractivity contribution in [1.29, 1.82) is 5.26 Å². The standard InChI is InChI=1S/C21H24N4O10/c1-5-24(6-2)19(28)14(10-22)7-13-8-16(25(31)32)18(27)17(9-13)35-21(30)34-11-15(20(29)33-4)23-12(3)26/h7-9,15,27H,5-6,11H2,1-4H3,(H,23,26)/b14-7+. The van der Waals surface area contributed by atoms with Crippen molar-refractivity contribution in [3.8, 4) is 17.6 Å². The largest absolute Gasteiger partial charge is 0.514 e. The van der Waals surface area contributed by atoms with Crippen LogP contribution in [0.3, 0.4) is 0 Å². The van der Waals surface area contributed by atoms with Crippen LogP contribution in [0.5, 0.6) is 11.5 Å². The molecule has 2 N–H and O–H groups in total. The maximum atomic E-state index is 12.5. The lowest BCUT2D eigenvalue weighted by Gasteiger charge is -2.17. The molecule has 0 fully saturated rings. The molecule has 188 valence electrons. The molecule has 1 aromatic rings. The number of phenols is 1. The quantitative estimate of drug-likeness (QED) is 0.119. The number of hydrogen-bond acceptors (Lipinski definition) is 11. The molecule has 0 bridgehead atoms. The molecule has 14 heteroatoms. The fourth-order valence-electron chi connectivity index (χ4n) is 2.73. The lowest BCUT2D eigenvalue weighted by molar-refractivity contribution is -0.385. The molecular formula is C21H24N4O10. The van der Waals surface area contributed by atoms with Crippen LogP contribution in [-0.4, -0.2) is 71.7 Å². The molecule has 0 aliphatic rings. The topological polar surface area (TPSA) is 198 Å². The molecule has 1 unspecified atom stereocenters. The average molecular weight is 492 g/mol. The third-order valence-electron chi connectivity index (χ3n) is 4.41. The fraction of sp³-hybridized carbons (Fsp3) is 0.381. The third-order valence-corrected chi connectivity index (χ3v) is 4.41. The number of amides is 2. The summed E-state index contributed by atoms with van der Waals surface area (Å²) in [7, 11) is 1.05. The molecule has 0 radical (unpaired) electrons. The summed E-state index contributed by atoms with van der Waals surface area (Å²) in [5, 5.41) is 33.1. The van der Waals surface area contributed by atoms with E-state index in [1.807, 2.05) is 0 Å². The Morgan fingerprint density at radius 1 is 1.29 bits per heavy atom. The number of nitriles is 1. The number of nitro groups is 1. The van der Waals surface area contributed by atoms with Crippen molar-refractivity contribution in [2.75, 3.05) is 26.8 Å². The van der Waals surface area contributed by atoms with E-state index in [1.165, 1.54) is 4.90 Å². The average Bonchev–Trinajstić information content (AvgIpc) is 2.81. The van der Waals surface area contributed by atoms with Gasteiger partial charge in [-0.05, 0) is 31.6 Å². The number of hydrogen-bond donors (Lipinski definition) is 2. The number of rotatable bonds is 10. The highest BCUT2D eigenvalue weighted by Crippen LogP contribution is 2.38. The van der Waals surface area contributed by atoms with Crippen LogP contribution in [0.2, 0.25) is 0 Å². The fourth-order valence-corrected chi connectivity index (χ4v) is 2.73. The van der Waals surface area contributed by atoms with Crippen LogP contribution >= 0.6 is 0 Å². The Kier molecular flexibility index (Phi) is 10.6. The van der Waals surface area contributed by atoms with Gasteiger partial charge in [0.05, 0.1) is 12.0 Å². The highest BCUT2D eigenvalue weighted by atomic mass is 16.7. The zero-order valence-corrected chi connectivity index (χ0v) is 19.4. The van der Waals surface area contributed by atoms with E-state index in [0.29, 0.717) is 13.1 Å². The molecule has 14 nitrogen and oxygen atoms in total. The minimum absolute atomic E-state index is 0.0972. The number of esters is 1. The maximum absolute atomic E-state index is 12.5. The molecule has 2 amide bonds. The van der Waals surface area contributed by atoms with Crippen molar-refractivity contribution < 1.29 is 43.4 Å². The maximum Gasteiger partial charge on any atom is 0.514 e. The van der Waals surface area contributed by atoms with Gasteiger partial charge in [0.1, 0.15) is 18.2 Å². The van der Waals surface area contributed by atoms with Gasteiger partial charge >= 0.3 is 17.8 Å². The number of carbonyl (C=O) groups excluding carboxylic acids is 4. The summed E-state index contributed by atoms with van der Waals surface area (Å²) in [5.41, 5.74) is -1.32. The molecule has 0 aliphatic heterocycles. The Balaban J connectivity index is 3.26. The number of nitro benzene ring substituents is 1. The zero-order chi connectivity index (χ0) is 26.7. The van der Waals surface area contributed by atoms with E-state index in [0.717, 1.165) is 32.2 Å². The molecule has 1 atom stereocenters. The van der Waals surface area contributed by atoms with Gasteiger partial charge in [-0.3, -0.25) is 19.7 Å². The SMILES string of the molecule is CCN(CC)C(=O)/C(C#N)=C/c1cc(OC(=O)OCC(NC(C)=O)C(=O)OC)c(O)c([N+](=O)[O-])c1. The van der Waals surface area contributed by atoms with Crippen LogP contribution in [0, 0.1) is 21.4 Å². The number of aromatic hydroxyl groups is 1. The van der Waals surface area contributed by atoms with Crippen LogP contribution in [0.15, 0.2) is 17.7 Å². The van der Waals surface area contributed by atoms with Gasteiger partial charge < -0.3 is 29.5 Å². The monoisotopic (exact) mass is 492 g/mol. The molecule has 35 heavy (non-hydrogen) atoms. The Morgan fingerprint density at radius 3 is 2.40 bits per heavy atom. The van der Waals surface area contributed by atoms with Crippen molar-refractivity contribution >= 4 is 35.7 Å². The molecule has 1 rings (SSSR count). The lowest BCUT2D eigenvalue weighted by atomic mass is 10.1. The molecular weight excluding hydrogens is 468 g/mol. The van der Waals surface area contributed by atoms with Crippen LogP contribution in [-0.2, 0) is 23.9 Å². The molecule has 0 heterocycles. The summed E-state index contributed by atoms with van der Waals surface area (Å²) in [5.74, 6) is -3.89. The van der Waals surface area contributed by atoms with E-state index in [4.69, 9.17) is 9.47 Å². The van der Waals surface area contributed by atoms with Gasteiger partial charge in [-0.25, -0.2) is 9.59 Å². The number of ether oxygens (including phenoxy) is 3. The lowest BCUT2D eigenvalue weighted by Crippen LogP contribution is -2.44. The first-order valence-electron chi connectivity index (χ1n) is 10.1. The summed E-state index contributed by atoms with van der Waals surface area (Å²) in [4.78, 5) is 59.2. The van der Waals surface area contributed by atoms with Gasteiger partial charge in [0, 0.05) is 26.1 Å². The third kappa shape index (κ3) is 8.00. The summed E-state index contributed by atoms with van der Waals surface area (Å²) < 4.78 is 14.0. The summed E-state index contributed by atoms with van der Waals surface area (Å²) in [6.07, 6.45) is -0.440. The van der Waals surface area contributed by atoms with Crippen LogP contribution < -0.4 is 10.1 Å². The number of methoxy groups -OCH3 is 1. The minimum Gasteiger partial charge on any atom is -0.499 e. The van der Waals surface area contributed by atoms with E-state index in [-0.39, 0.29) is 11.1 Å². The number of nitrogens with zero attached hydrogens (tertiary/aromatic N) is 3. The van der Waals surface area contributed by atoms with Gasteiger partial charge in [-0.2, -0.15) is 5.26 Å². The second-order valence-electron chi connectivity index (χ2n) is 6.73. The van der Waals surface area contributed by atoms with Crippen molar-refractivity contribution in [2.24, 2.45) is 0 Å². The number of likely N-dealkylation sites (N-methyl/N-ethyl adjacent to an activating group) is 1. The Labute approximate surface area is 199 Å². The Hall–Kier alpha value is -4.67. The second-order valence-corrected chi connectivity index (χ2v) is 6.73. The number of carbonyl (C=O) groups is 4. The van der Waals surface area contributed by atoms with Gasteiger partial charge in [-0.1, -0.05) is 0 Å². The molecule has 0 aromatic heterocycles. The normalized spacial score (nSPS) is 11.5. The summed E-state index contributed by atoms with van der Waals surface area (Å²) in [6, 6.07) is 2.21. The molecule has 0 saturated heterocycles. The molecule has 0 spiro atoms. The van der Waals surface area contributed by atoms with Gasteiger partial charge in [0.15, 0.2) is 11.8 Å². The molecule has 0 saturated carbocycles. The predicted octanol–water partition coefficient (Wildman–Crippen LogP) is 1.27. The van der Waals surface area contributed by atoms with E-state index >= 15 is 0 Å². The van der Waals surface area contributed by atoms with E-state index in [1.54, 1.807) is 19.9 Å². The van der Waals surface area contributed by atoms with Gasteiger partial charge in [0.25, 0.3) is 5.91 Å². The van der Waals surface area contributed by atoms with Crippen LogP contribution in [0.25, 0.3) is 6.08 Å². The van der Waals surface area contributed by atoms with Gasteiger partial charge in [-0.15, -0.1) is 0 Å². The van der Waals surface area contributed by atoms with Crippen LogP contribution in [0.4, 0.5) is 10.5 Å². The van der Waals surface area contributed by atoms with Crippen molar-refractivity contribution in [3.63, 3.8) is 0 Å². The number of phenolic OH excluding ortho intramolecular Hbond substituents is 1. The van der Waals surface area contributed by atoms with Crippen molar-refractivity contribution in [3.05, 3.63) is 33.4 Å². The first-order valence-corrected chi connectivity index (χ1v) is 10.1. The van der Waals surface area contributed by atoms with Crippen molar-refractivity contribution in [2.45, 2.75) is 26.8 Å². The van der Waals surface area contributed by atoms with Gasteiger partial charge in [0.2, 0.25) is 11.7 Å². The highest BCUT2D eigenvalue weighted by Gasteiger charge is 2.26. The molecule has 0 aliphatic carbocycles. The summed E-state index contributed by atoms with van der Waals surface area (Å²) in [6.45, 7) is 4.45. The second kappa shape index (κ2) is 13.1. The van der Waals surface area contributed by atoms with E-state index < -0.39 is 58.7 Å². The number of benzene rings is 1. The first-order chi connectivity index (χ1) is 16.5. The smallest absolute Gasteiger partial charge is 0.499 e. The zero-order valence-electron chi connectivity index (χ0n) is 19.4. The first kappa shape index (κ1) is 28.4. The number of nitrogens with one attached hydrogen (secondary N) is 1. The van der Waals surface area contributed by atoms with Crippen LogP contribution in [0.1, 0.15) is 26.3 Å². The Morgan fingerprint density at radius 2 is 1.91 bits per heavy atom. The van der Waals surface area contributed by atoms with E-state index in [2.05, 4.69) is 10.1 Å². The van der Waals surface area contributed by atoms with E-state index in [9.17, 15) is 39.7 Å².